The van der Waals surface area contributed by atoms with E-state index in [0.717, 1.165) is 24.2 Å². The van der Waals surface area contributed by atoms with Crippen molar-refractivity contribution >= 4 is 5.97 Å². The fraction of sp³-hybridized carbons (Fsp3) is 0.417. The maximum Gasteiger partial charge on any atom is 0.358 e. The van der Waals surface area contributed by atoms with Crippen molar-refractivity contribution in [3.05, 3.63) is 35.0 Å². The summed E-state index contributed by atoms with van der Waals surface area (Å²) in [5, 5.41) is 16.7. The van der Waals surface area contributed by atoms with Gasteiger partial charge in [0.15, 0.2) is 11.5 Å². The van der Waals surface area contributed by atoms with Gasteiger partial charge in [0.2, 0.25) is 0 Å². The van der Waals surface area contributed by atoms with E-state index in [2.05, 4.69) is 23.2 Å². The highest BCUT2D eigenvalue weighted by molar-refractivity contribution is 5.85. The van der Waals surface area contributed by atoms with E-state index < -0.39 is 5.97 Å². The Morgan fingerprint density at radius 1 is 1.39 bits per heavy atom. The molecule has 6 heteroatoms. The first-order chi connectivity index (χ1) is 8.63. The molecule has 2 aromatic heterocycles. The molecule has 2 heterocycles. The number of hydrogen-bond acceptors (Lipinski definition) is 4. The lowest BCUT2D eigenvalue weighted by molar-refractivity contribution is 0.0685. The molecular formula is C12H15N3O3. The lowest BCUT2D eigenvalue weighted by atomic mass is 10.2. The molecule has 0 aliphatic rings. The van der Waals surface area contributed by atoms with Crippen LogP contribution in [0.15, 0.2) is 16.7 Å². The summed E-state index contributed by atoms with van der Waals surface area (Å²) in [5.74, 6) is -0.594. The molecule has 6 nitrogen and oxygen atoms in total. The summed E-state index contributed by atoms with van der Waals surface area (Å²) in [4.78, 5) is 10.7. The van der Waals surface area contributed by atoms with Crippen molar-refractivity contribution in [1.82, 2.24) is 14.9 Å². The number of carboxylic acids is 1. The van der Waals surface area contributed by atoms with E-state index in [1.54, 1.807) is 0 Å². The minimum absolute atomic E-state index is 0.0779. The zero-order valence-electron chi connectivity index (χ0n) is 10.4. The van der Waals surface area contributed by atoms with Crippen LogP contribution in [0.3, 0.4) is 0 Å². The molecule has 96 valence electrons. The third-order valence-corrected chi connectivity index (χ3v) is 2.72. The van der Waals surface area contributed by atoms with E-state index >= 15 is 0 Å². The molecule has 0 aromatic carbocycles. The van der Waals surface area contributed by atoms with Gasteiger partial charge in [0.25, 0.3) is 0 Å². The van der Waals surface area contributed by atoms with Gasteiger partial charge in [-0.15, -0.1) is 0 Å². The van der Waals surface area contributed by atoms with Crippen LogP contribution in [0.5, 0.6) is 0 Å². The van der Waals surface area contributed by atoms with Crippen molar-refractivity contribution in [2.24, 2.45) is 0 Å². The fourth-order valence-electron chi connectivity index (χ4n) is 1.75. The average Bonchev–Trinajstić information content (AvgIpc) is 2.96. The smallest absolute Gasteiger partial charge is 0.358 e. The van der Waals surface area contributed by atoms with Gasteiger partial charge in [-0.05, 0) is 18.9 Å². The minimum Gasteiger partial charge on any atom is -0.476 e. The summed E-state index contributed by atoms with van der Waals surface area (Å²) in [6, 6.07) is 3.48. The summed E-state index contributed by atoms with van der Waals surface area (Å²) in [7, 11) is 0. The molecular weight excluding hydrogens is 234 g/mol. The van der Waals surface area contributed by atoms with Gasteiger partial charge in [0.1, 0.15) is 6.54 Å². The van der Waals surface area contributed by atoms with E-state index in [-0.39, 0.29) is 5.69 Å². The first kappa shape index (κ1) is 12.3. The van der Waals surface area contributed by atoms with Crippen molar-refractivity contribution < 1.29 is 14.4 Å². The molecule has 0 spiro atoms. The third-order valence-electron chi connectivity index (χ3n) is 2.72. The third kappa shape index (κ3) is 2.42. The van der Waals surface area contributed by atoms with Crippen LogP contribution in [0.2, 0.25) is 0 Å². The molecule has 0 radical (unpaired) electrons. The fourth-order valence-corrected chi connectivity index (χ4v) is 1.75. The van der Waals surface area contributed by atoms with Gasteiger partial charge in [-0.25, -0.2) is 4.79 Å². The van der Waals surface area contributed by atoms with E-state index in [9.17, 15) is 4.79 Å². The molecule has 0 bridgehead atoms. The molecule has 0 aliphatic heterocycles. The number of rotatable bonds is 5. The SMILES string of the molecule is CCc1cc(CC)n(Cc2cc(C(=O)O)no2)n1. The summed E-state index contributed by atoms with van der Waals surface area (Å²) in [5.41, 5.74) is 2.04. The largest absolute Gasteiger partial charge is 0.476 e. The van der Waals surface area contributed by atoms with Crippen LogP contribution in [-0.2, 0) is 19.4 Å². The number of hydrogen-bond donors (Lipinski definition) is 1. The maximum atomic E-state index is 10.7. The lowest BCUT2D eigenvalue weighted by Crippen LogP contribution is -2.05. The van der Waals surface area contributed by atoms with E-state index in [4.69, 9.17) is 9.63 Å². The highest BCUT2D eigenvalue weighted by Crippen LogP contribution is 2.11. The number of carboxylic acid groups (broad SMARTS) is 1. The molecule has 2 aromatic rings. The van der Waals surface area contributed by atoms with Crippen molar-refractivity contribution in [3.8, 4) is 0 Å². The number of nitrogens with zero attached hydrogens (tertiary/aromatic N) is 3. The minimum atomic E-state index is -1.09. The first-order valence-corrected chi connectivity index (χ1v) is 5.88. The number of aromatic carboxylic acids is 1. The Balaban J connectivity index is 2.21. The zero-order chi connectivity index (χ0) is 13.1. The Morgan fingerprint density at radius 3 is 2.72 bits per heavy atom. The van der Waals surface area contributed by atoms with Crippen LogP contribution in [0.25, 0.3) is 0 Å². The van der Waals surface area contributed by atoms with E-state index in [1.165, 1.54) is 6.07 Å². The van der Waals surface area contributed by atoms with Gasteiger partial charge in [0.05, 0.1) is 5.69 Å². The van der Waals surface area contributed by atoms with Crippen molar-refractivity contribution in [2.45, 2.75) is 33.2 Å². The number of aromatic nitrogens is 3. The summed E-state index contributed by atoms with van der Waals surface area (Å²) in [6.07, 6.45) is 1.74. The highest BCUT2D eigenvalue weighted by Gasteiger charge is 2.13. The lowest BCUT2D eigenvalue weighted by Gasteiger charge is -2.01. The van der Waals surface area contributed by atoms with Gasteiger partial charge in [-0.1, -0.05) is 19.0 Å². The maximum absolute atomic E-state index is 10.7. The van der Waals surface area contributed by atoms with Gasteiger partial charge in [-0.3, -0.25) is 4.68 Å². The van der Waals surface area contributed by atoms with Gasteiger partial charge >= 0.3 is 5.97 Å². The molecule has 0 amide bonds. The van der Waals surface area contributed by atoms with Crippen molar-refractivity contribution in [2.75, 3.05) is 0 Å². The second-order valence-electron chi connectivity index (χ2n) is 3.98. The van der Waals surface area contributed by atoms with Crippen LogP contribution in [-0.4, -0.2) is 26.0 Å². The van der Waals surface area contributed by atoms with Crippen LogP contribution in [0.4, 0.5) is 0 Å². The van der Waals surface area contributed by atoms with Gasteiger partial charge in [-0.2, -0.15) is 5.10 Å². The Morgan fingerprint density at radius 2 is 2.17 bits per heavy atom. The molecule has 0 aliphatic carbocycles. The molecule has 0 saturated heterocycles. The van der Waals surface area contributed by atoms with Crippen LogP contribution in [0, 0.1) is 0 Å². The molecule has 0 saturated carbocycles. The van der Waals surface area contributed by atoms with Crippen LogP contribution >= 0.6 is 0 Å². The number of aryl methyl sites for hydroxylation is 2. The predicted octanol–water partition coefficient (Wildman–Crippen LogP) is 1.74. The average molecular weight is 249 g/mol. The Labute approximate surface area is 104 Å². The first-order valence-electron chi connectivity index (χ1n) is 5.88. The number of carbonyl (C=O) groups is 1. The normalized spacial score (nSPS) is 10.8. The molecule has 0 fully saturated rings. The Hall–Kier alpha value is -2.11. The van der Waals surface area contributed by atoms with Crippen molar-refractivity contribution in [1.29, 1.82) is 0 Å². The summed E-state index contributed by atoms with van der Waals surface area (Å²) < 4.78 is 6.80. The van der Waals surface area contributed by atoms with E-state index in [1.807, 2.05) is 11.6 Å². The topological polar surface area (TPSA) is 81.2 Å². The Bertz CT molecular complexity index is 557. The summed E-state index contributed by atoms with van der Waals surface area (Å²) >= 11 is 0. The molecule has 18 heavy (non-hydrogen) atoms. The Kier molecular flexibility index (Phi) is 3.45. The quantitative estimate of drug-likeness (QED) is 0.872. The van der Waals surface area contributed by atoms with Crippen LogP contribution in [0.1, 0.15) is 41.5 Å². The monoisotopic (exact) mass is 249 g/mol. The van der Waals surface area contributed by atoms with Crippen molar-refractivity contribution in [3.63, 3.8) is 0 Å². The molecule has 1 N–H and O–H groups in total. The molecule has 2 rings (SSSR count). The molecule has 0 atom stereocenters. The second-order valence-corrected chi connectivity index (χ2v) is 3.98. The molecule has 0 unspecified atom stereocenters. The summed E-state index contributed by atoms with van der Waals surface area (Å²) in [6.45, 7) is 4.50. The van der Waals surface area contributed by atoms with Gasteiger partial charge in [0, 0.05) is 11.8 Å². The zero-order valence-corrected chi connectivity index (χ0v) is 10.4. The van der Waals surface area contributed by atoms with E-state index in [0.29, 0.717) is 12.3 Å². The van der Waals surface area contributed by atoms with Crippen LogP contribution < -0.4 is 0 Å². The predicted molar refractivity (Wildman–Crippen MR) is 63.5 cm³/mol. The second kappa shape index (κ2) is 5.03. The highest BCUT2D eigenvalue weighted by atomic mass is 16.5. The van der Waals surface area contributed by atoms with Gasteiger partial charge < -0.3 is 9.63 Å². The standard InChI is InChI=1S/C12H15N3O3/c1-3-8-5-9(4-2)15(13-8)7-10-6-11(12(16)17)14-18-10/h5-6H,3-4,7H2,1-2H3,(H,16,17).